The Labute approximate surface area is 174 Å². The van der Waals surface area contributed by atoms with Crippen molar-refractivity contribution in [2.24, 2.45) is 5.16 Å². The van der Waals surface area contributed by atoms with E-state index >= 15 is 0 Å². The molecule has 0 spiro atoms. The molecule has 2 rings (SSSR count). The molecule has 0 saturated heterocycles. The van der Waals surface area contributed by atoms with Crippen LogP contribution in [-0.2, 0) is 21.5 Å². The molecule has 6 nitrogen and oxygen atoms in total. The van der Waals surface area contributed by atoms with Crippen LogP contribution >= 0.6 is 0 Å². The molecule has 10 heteroatoms. The van der Waals surface area contributed by atoms with E-state index in [4.69, 9.17) is 10.1 Å². The maximum Gasteiger partial charge on any atom is 0.516 e. The Kier molecular flexibility index (Phi) is 8.86. The first-order valence-corrected chi connectivity index (χ1v) is 10.4. The van der Waals surface area contributed by atoms with Crippen LogP contribution in [0.15, 0.2) is 47.6 Å². The van der Waals surface area contributed by atoms with Crippen LogP contribution in [-0.4, -0.2) is 19.6 Å². The van der Waals surface area contributed by atoms with E-state index < -0.39 is 15.5 Å². The van der Waals surface area contributed by atoms with Crippen LogP contribution in [0.1, 0.15) is 43.0 Å². The summed E-state index contributed by atoms with van der Waals surface area (Å²) in [5.74, 6) is 0. The molecule has 0 heterocycles. The van der Waals surface area contributed by atoms with Crippen LogP contribution in [0.5, 0.6) is 0 Å². The molecule has 0 bridgehead atoms. The highest BCUT2D eigenvalue weighted by molar-refractivity contribution is 7.93. The van der Waals surface area contributed by atoms with Crippen LogP contribution in [0.4, 0.5) is 18.9 Å². The molecule has 0 aromatic heterocycles. The number of benzene rings is 2. The minimum absolute atomic E-state index is 0.0679. The fourth-order valence-electron chi connectivity index (χ4n) is 2.18. The van der Waals surface area contributed by atoms with E-state index in [1.165, 1.54) is 29.8 Å². The number of oxime groups is 1. The average Bonchev–Trinajstić information content (AvgIpc) is 2.70. The molecule has 30 heavy (non-hydrogen) atoms. The van der Waals surface area contributed by atoms with E-state index in [2.05, 4.69) is 5.16 Å². The molecule has 0 amide bonds. The predicted octanol–water partition coefficient (Wildman–Crippen LogP) is 5.10. The summed E-state index contributed by atoms with van der Waals surface area (Å²) in [5.41, 5.74) is -3.42. The lowest BCUT2D eigenvalue weighted by atomic mass is 10.1. The topological polar surface area (TPSA) is 91.5 Å². The first-order valence-electron chi connectivity index (χ1n) is 8.89. The third-order valence-corrected chi connectivity index (χ3v) is 4.73. The van der Waals surface area contributed by atoms with Crippen molar-refractivity contribution >= 4 is 21.4 Å². The molecule has 2 aromatic rings. The number of alkyl halides is 3. The van der Waals surface area contributed by atoms with Crippen molar-refractivity contribution in [2.45, 2.75) is 39.8 Å². The number of hydrogen-bond donors (Lipinski definition) is 1. The summed E-state index contributed by atoms with van der Waals surface area (Å²) in [6, 6.07) is 12.8. The maximum atomic E-state index is 12.7. The summed E-state index contributed by atoms with van der Waals surface area (Å²) in [5, 5.41) is 12.6. The van der Waals surface area contributed by atoms with Crippen molar-refractivity contribution in [3.8, 4) is 6.07 Å². The van der Waals surface area contributed by atoms with E-state index in [0.717, 1.165) is 5.56 Å². The van der Waals surface area contributed by atoms with E-state index in [1.807, 2.05) is 19.9 Å². The first kappa shape index (κ1) is 25.0. The molecule has 0 aliphatic carbocycles. The van der Waals surface area contributed by atoms with Crippen LogP contribution in [0.25, 0.3) is 0 Å². The van der Waals surface area contributed by atoms with E-state index in [0.29, 0.717) is 11.1 Å². The third kappa shape index (κ3) is 6.77. The quantitative estimate of drug-likeness (QED) is 0.499. The monoisotopic (exact) mass is 441 g/mol. The van der Waals surface area contributed by atoms with Gasteiger partial charge in [0.05, 0.1) is 23.0 Å². The van der Waals surface area contributed by atoms with Crippen LogP contribution in [0.2, 0.25) is 0 Å². The number of anilines is 1. The van der Waals surface area contributed by atoms with E-state index in [-0.39, 0.29) is 23.6 Å². The first-order chi connectivity index (χ1) is 14.0. The third-order valence-electron chi connectivity index (χ3n) is 3.63. The minimum Gasteiger partial charge on any atom is -0.391 e. The van der Waals surface area contributed by atoms with Gasteiger partial charge in [-0.2, -0.15) is 26.9 Å². The number of rotatable bonds is 6. The van der Waals surface area contributed by atoms with Gasteiger partial charge in [0.15, 0.2) is 0 Å². The Hall–Kier alpha value is -3.06. The van der Waals surface area contributed by atoms with Gasteiger partial charge in [0.25, 0.3) is 0 Å². The smallest absolute Gasteiger partial charge is 0.391 e. The van der Waals surface area contributed by atoms with Crippen molar-refractivity contribution in [1.82, 2.24) is 0 Å². The molecule has 0 fully saturated rings. The van der Waals surface area contributed by atoms with Gasteiger partial charge in [-0.3, -0.25) is 4.72 Å². The van der Waals surface area contributed by atoms with E-state index in [9.17, 15) is 21.6 Å². The van der Waals surface area contributed by atoms with Crippen molar-refractivity contribution in [3.05, 3.63) is 64.7 Å². The van der Waals surface area contributed by atoms with Gasteiger partial charge in [-0.15, -0.1) is 0 Å². The second-order valence-electron chi connectivity index (χ2n) is 5.86. The lowest BCUT2D eigenvalue weighted by Crippen LogP contribution is -2.30. The van der Waals surface area contributed by atoms with E-state index in [1.54, 1.807) is 31.2 Å². The normalized spacial score (nSPS) is 11.7. The van der Waals surface area contributed by atoms with Crippen molar-refractivity contribution in [2.75, 3.05) is 4.72 Å². The fourth-order valence-corrected chi connectivity index (χ4v) is 2.76. The molecular formula is C20H22F3N3O3S. The fraction of sp³-hybridized carbons (Fsp3) is 0.300. The highest BCUT2D eigenvalue weighted by atomic mass is 32.2. The minimum atomic E-state index is -5.56. The highest BCUT2D eigenvalue weighted by Crippen LogP contribution is 2.28. The van der Waals surface area contributed by atoms with Crippen LogP contribution < -0.4 is 4.72 Å². The zero-order valence-corrected chi connectivity index (χ0v) is 17.7. The Bertz CT molecular complexity index is 1030. The van der Waals surface area contributed by atoms with Gasteiger partial charge in [0, 0.05) is 5.56 Å². The summed E-state index contributed by atoms with van der Waals surface area (Å²) in [7, 11) is -5.56. The number of sulfonamides is 1. The molecule has 0 aliphatic rings. The zero-order valence-electron chi connectivity index (χ0n) is 16.9. The van der Waals surface area contributed by atoms with Gasteiger partial charge in [-0.1, -0.05) is 42.8 Å². The van der Waals surface area contributed by atoms with Crippen molar-refractivity contribution in [3.63, 3.8) is 0 Å². The standard InChI is InChI=1S/C18H16F3N3O3S.C2H6/c1-12-3-8-17(24-28(25,26)18(19,20)21)16(9-12)13(2)23-27-11-15-6-4-14(10-22)5-7-15;1-2/h3-9,24H,11H2,1-2H3;1-2H3/b23-13+;. The van der Waals surface area contributed by atoms with Gasteiger partial charge >= 0.3 is 15.5 Å². The van der Waals surface area contributed by atoms with Gasteiger partial charge in [-0.25, -0.2) is 0 Å². The molecule has 0 saturated carbocycles. The van der Waals surface area contributed by atoms with Crippen LogP contribution in [0, 0.1) is 18.3 Å². The molecule has 1 N–H and O–H groups in total. The van der Waals surface area contributed by atoms with Gasteiger partial charge in [0.1, 0.15) is 6.61 Å². The maximum absolute atomic E-state index is 12.7. The summed E-state index contributed by atoms with van der Waals surface area (Å²) >= 11 is 0. The lowest BCUT2D eigenvalue weighted by Gasteiger charge is -2.14. The second kappa shape index (κ2) is 10.6. The zero-order chi connectivity index (χ0) is 22.9. The SMILES string of the molecule is C/C(=N\OCc1ccc(C#N)cc1)c1cc(C)ccc1NS(=O)(=O)C(F)(F)F.CC. The number of hydrogen-bond acceptors (Lipinski definition) is 5. The number of nitrogens with zero attached hydrogens (tertiary/aromatic N) is 2. The van der Waals surface area contributed by atoms with Crippen molar-refractivity contribution < 1.29 is 26.4 Å². The summed E-state index contributed by atoms with van der Waals surface area (Å²) in [6.45, 7) is 7.26. The van der Waals surface area contributed by atoms with Gasteiger partial charge < -0.3 is 4.84 Å². The molecule has 0 aliphatic heterocycles. The van der Waals surface area contributed by atoms with Gasteiger partial charge in [0.2, 0.25) is 0 Å². The Balaban J connectivity index is 0.00000218. The largest absolute Gasteiger partial charge is 0.516 e. The average molecular weight is 441 g/mol. The predicted molar refractivity (Wildman–Crippen MR) is 109 cm³/mol. The number of nitrogens with one attached hydrogen (secondary N) is 1. The highest BCUT2D eigenvalue weighted by Gasteiger charge is 2.46. The number of aryl methyl sites for hydroxylation is 1. The summed E-state index contributed by atoms with van der Waals surface area (Å²) in [4.78, 5) is 5.21. The number of halogens is 3. The molecule has 162 valence electrons. The lowest BCUT2D eigenvalue weighted by molar-refractivity contribution is -0.0429. The molecular weight excluding hydrogens is 419 g/mol. The Morgan fingerprint density at radius 2 is 1.77 bits per heavy atom. The summed E-state index contributed by atoms with van der Waals surface area (Å²) in [6.07, 6.45) is 0. The number of nitriles is 1. The van der Waals surface area contributed by atoms with Crippen molar-refractivity contribution in [1.29, 1.82) is 5.26 Å². The Morgan fingerprint density at radius 1 is 1.17 bits per heavy atom. The second-order valence-corrected chi connectivity index (χ2v) is 7.53. The molecule has 2 aromatic carbocycles. The molecule has 0 radical (unpaired) electrons. The molecule has 0 atom stereocenters. The summed E-state index contributed by atoms with van der Waals surface area (Å²) < 4.78 is 62.3. The molecule has 0 unspecified atom stereocenters. The Morgan fingerprint density at radius 3 is 2.30 bits per heavy atom. The van der Waals surface area contributed by atoms with Gasteiger partial charge in [-0.05, 0) is 43.7 Å². The van der Waals surface area contributed by atoms with Crippen LogP contribution in [0.3, 0.4) is 0 Å².